The smallest absolute Gasteiger partial charge is 0.281 e. The number of halogens is 1. The fourth-order valence-electron chi connectivity index (χ4n) is 1.64. The first-order valence-electron chi connectivity index (χ1n) is 5.39. The molecule has 2 heterocycles. The van der Waals surface area contributed by atoms with Gasteiger partial charge >= 0.3 is 0 Å². The first-order valence-corrected chi connectivity index (χ1v) is 5.77. The first-order chi connectivity index (χ1) is 9.13. The molecule has 7 heteroatoms. The Hall–Kier alpha value is -2.34. The summed E-state index contributed by atoms with van der Waals surface area (Å²) >= 11 is 5.60. The number of aromatic hydroxyl groups is 1. The number of oxazole rings is 1. The number of aromatic nitrogens is 3. The number of hydrogen-bond acceptors (Lipinski definition) is 6. The Labute approximate surface area is 112 Å². The Morgan fingerprint density at radius 1 is 1.32 bits per heavy atom. The highest BCUT2D eigenvalue weighted by Crippen LogP contribution is 2.33. The van der Waals surface area contributed by atoms with Gasteiger partial charge in [-0.25, -0.2) is 4.98 Å². The van der Waals surface area contributed by atoms with Crippen LogP contribution in [-0.4, -0.2) is 20.3 Å². The molecule has 0 atom stereocenters. The van der Waals surface area contributed by atoms with Crippen molar-refractivity contribution in [2.24, 2.45) is 0 Å². The molecule has 0 aliphatic rings. The van der Waals surface area contributed by atoms with Crippen LogP contribution in [0, 0.1) is 6.92 Å². The van der Waals surface area contributed by atoms with Crippen LogP contribution in [0.2, 0.25) is 5.15 Å². The number of benzene rings is 1. The Morgan fingerprint density at radius 3 is 2.95 bits per heavy atom. The molecule has 0 amide bonds. The number of hydrogen-bond donors (Lipinski definition) is 1. The molecule has 0 bridgehead atoms. The molecule has 96 valence electrons. The van der Waals surface area contributed by atoms with Crippen molar-refractivity contribution in [3.05, 3.63) is 35.3 Å². The van der Waals surface area contributed by atoms with Crippen LogP contribution < -0.4 is 4.74 Å². The van der Waals surface area contributed by atoms with E-state index in [1.165, 1.54) is 6.07 Å². The van der Waals surface area contributed by atoms with Crippen molar-refractivity contribution in [3.8, 4) is 17.4 Å². The number of fused-ring (bicyclic) bond motifs is 1. The Kier molecular flexibility index (Phi) is 2.72. The summed E-state index contributed by atoms with van der Waals surface area (Å²) in [5.74, 6) is 0.702. The van der Waals surface area contributed by atoms with Crippen molar-refractivity contribution >= 4 is 22.7 Å². The maximum Gasteiger partial charge on any atom is 0.281 e. The highest BCUT2D eigenvalue weighted by atomic mass is 35.5. The molecule has 0 aliphatic heterocycles. The second kappa shape index (κ2) is 4.40. The average Bonchev–Trinajstić information content (AvgIpc) is 2.74. The van der Waals surface area contributed by atoms with E-state index in [0.29, 0.717) is 22.7 Å². The maximum atomic E-state index is 9.67. The van der Waals surface area contributed by atoms with E-state index in [2.05, 4.69) is 15.2 Å². The summed E-state index contributed by atoms with van der Waals surface area (Å²) in [7, 11) is 0. The number of aryl methyl sites for hydroxylation is 1. The third kappa shape index (κ3) is 2.17. The van der Waals surface area contributed by atoms with Gasteiger partial charge in [-0.1, -0.05) is 17.7 Å². The molecule has 6 nitrogen and oxygen atoms in total. The SMILES string of the molecule is Cc1nc2c(Oc3nnc(Cl)cc3O)cccc2o1. The van der Waals surface area contributed by atoms with Crippen LogP contribution in [0.3, 0.4) is 0 Å². The number of para-hydroxylation sites is 1. The fourth-order valence-corrected chi connectivity index (χ4v) is 1.78. The van der Waals surface area contributed by atoms with Crippen molar-refractivity contribution in [3.63, 3.8) is 0 Å². The van der Waals surface area contributed by atoms with Gasteiger partial charge < -0.3 is 14.3 Å². The van der Waals surface area contributed by atoms with E-state index in [-0.39, 0.29) is 16.8 Å². The zero-order valence-electron chi connectivity index (χ0n) is 9.79. The molecule has 2 aromatic heterocycles. The Balaban J connectivity index is 2.05. The molecule has 1 aromatic carbocycles. The summed E-state index contributed by atoms with van der Waals surface area (Å²) in [6.45, 7) is 1.74. The highest BCUT2D eigenvalue weighted by molar-refractivity contribution is 6.29. The van der Waals surface area contributed by atoms with Gasteiger partial charge in [0.1, 0.15) is 0 Å². The molecule has 19 heavy (non-hydrogen) atoms. The van der Waals surface area contributed by atoms with Crippen LogP contribution >= 0.6 is 11.6 Å². The summed E-state index contributed by atoms with van der Waals surface area (Å²) in [5.41, 5.74) is 1.15. The van der Waals surface area contributed by atoms with Crippen LogP contribution in [0.1, 0.15) is 5.89 Å². The van der Waals surface area contributed by atoms with Gasteiger partial charge in [-0.05, 0) is 12.1 Å². The molecule has 3 aromatic rings. The topological polar surface area (TPSA) is 81.3 Å². The maximum absolute atomic E-state index is 9.67. The third-order valence-electron chi connectivity index (χ3n) is 2.41. The normalized spacial score (nSPS) is 10.8. The largest absolute Gasteiger partial charge is 0.503 e. The summed E-state index contributed by atoms with van der Waals surface area (Å²) in [4.78, 5) is 4.21. The minimum Gasteiger partial charge on any atom is -0.503 e. The van der Waals surface area contributed by atoms with E-state index in [9.17, 15) is 5.11 Å². The van der Waals surface area contributed by atoms with Crippen LogP contribution in [-0.2, 0) is 0 Å². The quantitative estimate of drug-likeness (QED) is 0.775. The molecular weight excluding hydrogens is 270 g/mol. The molecule has 3 rings (SSSR count). The van der Waals surface area contributed by atoms with Crippen LogP contribution in [0.4, 0.5) is 0 Å². The number of ether oxygens (including phenoxy) is 1. The minimum atomic E-state index is -0.197. The fraction of sp³-hybridized carbons (Fsp3) is 0.0833. The van der Waals surface area contributed by atoms with E-state index < -0.39 is 0 Å². The van der Waals surface area contributed by atoms with Crippen LogP contribution in [0.5, 0.6) is 17.4 Å². The average molecular weight is 278 g/mol. The lowest BCUT2D eigenvalue weighted by Gasteiger charge is -2.05. The number of rotatable bonds is 2. The van der Waals surface area contributed by atoms with Crippen LogP contribution in [0.25, 0.3) is 11.1 Å². The summed E-state index contributed by atoms with van der Waals surface area (Å²) < 4.78 is 10.9. The van der Waals surface area contributed by atoms with Gasteiger partial charge in [0.25, 0.3) is 5.88 Å². The standard InChI is InChI=1S/C12H8ClN3O3/c1-6-14-11-8(18-6)3-2-4-9(11)19-12-7(17)5-10(13)15-16-12/h2-5H,1H3,(H,15,17). The predicted octanol–water partition coefficient (Wildman–Crippen LogP) is 3.08. The summed E-state index contributed by atoms with van der Waals surface area (Å²) in [5, 5.41) is 17.0. The zero-order valence-corrected chi connectivity index (χ0v) is 10.5. The van der Waals surface area contributed by atoms with Crippen molar-refractivity contribution in [1.82, 2.24) is 15.2 Å². The molecule has 0 fully saturated rings. The van der Waals surface area contributed by atoms with E-state index in [4.69, 9.17) is 20.8 Å². The van der Waals surface area contributed by atoms with Gasteiger partial charge in [-0.3, -0.25) is 0 Å². The summed E-state index contributed by atoms with van der Waals surface area (Å²) in [6.07, 6.45) is 0. The van der Waals surface area contributed by atoms with Crippen LogP contribution in [0.15, 0.2) is 28.7 Å². The molecule has 0 unspecified atom stereocenters. The minimum absolute atomic E-state index is 0.0439. The predicted molar refractivity (Wildman–Crippen MR) is 67.5 cm³/mol. The lowest BCUT2D eigenvalue weighted by molar-refractivity contribution is 0.394. The van der Waals surface area contributed by atoms with Gasteiger partial charge in [0.05, 0.1) is 0 Å². The van der Waals surface area contributed by atoms with Crippen molar-refractivity contribution in [2.75, 3.05) is 0 Å². The molecular formula is C12H8ClN3O3. The van der Waals surface area contributed by atoms with E-state index in [0.717, 1.165) is 0 Å². The van der Waals surface area contributed by atoms with Gasteiger partial charge in [0.15, 0.2) is 33.6 Å². The zero-order chi connectivity index (χ0) is 13.4. The molecule has 0 spiro atoms. The van der Waals surface area contributed by atoms with Gasteiger partial charge in [0.2, 0.25) is 0 Å². The van der Waals surface area contributed by atoms with E-state index in [1.807, 2.05) is 0 Å². The van der Waals surface area contributed by atoms with Gasteiger partial charge in [-0.15, -0.1) is 10.2 Å². The third-order valence-corrected chi connectivity index (χ3v) is 2.59. The van der Waals surface area contributed by atoms with Crippen molar-refractivity contribution in [1.29, 1.82) is 0 Å². The molecule has 1 N–H and O–H groups in total. The second-order valence-corrected chi connectivity index (χ2v) is 4.18. The monoisotopic (exact) mass is 277 g/mol. The van der Waals surface area contributed by atoms with Crippen molar-refractivity contribution in [2.45, 2.75) is 6.92 Å². The second-order valence-electron chi connectivity index (χ2n) is 3.80. The van der Waals surface area contributed by atoms with Gasteiger partial charge in [0, 0.05) is 13.0 Å². The molecule has 0 saturated heterocycles. The van der Waals surface area contributed by atoms with Gasteiger partial charge in [-0.2, -0.15) is 0 Å². The molecule has 0 radical (unpaired) electrons. The van der Waals surface area contributed by atoms with E-state index >= 15 is 0 Å². The van der Waals surface area contributed by atoms with E-state index in [1.54, 1.807) is 25.1 Å². The highest BCUT2D eigenvalue weighted by Gasteiger charge is 2.13. The molecule has 0 aliphatic carbocycles. The molecule has 0 saturated carbocycles. The lowest BCUT2D eigenvalue weighted by atomic mass is 10.3. The lowest BCUT2D eigenvalue weighted by Crippen LogP contribution is -1.92. The number of nitrogens with zero attached hydrogens (tertiary/aromatic N) is 3. The van der Waals surface area contributed by atoms with Crippen molar-refractivity contribution < 1.29 is 14.3 Å². The Morgan fingerprint density at radius 2 is 2.16 bits per heavy atom. The summed E-state index contributed by atoms with van der Waals surface area (Å²) in [6, 6.07) is 6.47. The first kappa shape index (κ1) is 11.7. The Bertz CT molecular complexity index is 757.